The second kappa shape index (κ2) is 5.35. The molecule has 1 aromatic carbocycles. The summed E-state index contributed by atoms with van der Waals surface area (Å²) in [7, 11) is 0. The van der Waals surface area contributed by atoms with E-state index >= 15 is 0 Å². The highest BCUT2D eigenvalue weighted by Gasteiger charge is 2.34. The molecule has 1 heterocycles. The molecule has 0 aliphatic carbocycles. The maximum absolute atomic E-state index is 11.8. The molecule has 1 saturated heterocycles. The lowest BCUT2D eigenvalue weighted by molar-refractivity contribution is -0.385. The first-order valence-corrected chi connectivity index (χ1v) is 6.90. The minimum atomic E-state index is -0.494. The number of likely N-dealkylation sites (tertiary alicyclic amines) is 1. The molecule has 114 valence electrons. The predicted octanol–water partition coefficient (Wildman–Crippen LogP) is 3.24. The minimum Gasteiger partial charge on any atom is -0.444 e. The van der Waals surface area contributed by atoms with Crippen molar-refractivity contribution in [3.8, 4) is 0 Å². The van der Waals surface area contributed by atoms with Gasteiger partial charge in [0.2, 0.25) is 0 Å². The highest BCUT2D eigenvalue weighted by Crippen LogP contribution is 2.31. The van der Waals surface area contributed by atoms with E-state index < -0.39 is 5.60 Å². The van der Waals surface area contributed by atoms with Crippen LogP contribution in [0.3, 0.4) is 0 Å². The highest BCUT2D eigenvalue weighted by molar-refractivity contribution is 5.69. The molecule has 1 aliphatic heterocycles. The lowest BCUT2D eigenvalue weighted by Crippen LogP contribution is -2.50. The zero-order chi connectivity index (χ0) is 15.8. The molecular weight excluding hydrogens is 272 g/mol. The zero-order valence-corrected chi connectivity index (χ0v) is 12.8. The van der Waals surface area contributed by atoms with Gasteiger partial charge in [0.05, 0.1) is 4.92 Å². The molecule has 0 N–H and O–H groups in total. The highest BCUT2D eigenvalue weighted by atomic mass is 16.6. The summed E-state index contributed by atoms with van der Waals surface area (Å²) in [5.74, 6) is 0.219. The second-order valence-corrected chi connectivity index (χ2v) is 6.39. The number of carbonyl (C=O) groups is 1. The monoisotopic (exact) mass is 292 g/mol. The number of hydrogen-bond acceptors (Lipinski definition) is 4. The Morgan fingerprint density at radius 2 is 2.00 bits per heavy atom. The van der Waals surface area contributed by atoms with Crippen molar-refractivity contribution in [1.29, 1.82) is 0 Å². The quantitative estimate of drug-likeness (QED) is 0.619. The summed E-state index contributed by atoms with van der Waals surface area (Å²) >= 11 is 0. The molecule has 0 unspecified atom stereocenters. The van der Waals surface area contributed by atoms with Gasteiger partial charge in [-0.3, -0.25) is 10.1 Å². The van der Waals surface area contributed by atoms with E-state index in [1.165, 1.54) is 6.07 Å². The molecule has 0 atom stereocenters. The van der Waals surface area contributed by atoms with Crippen LogP contribution in [0.1, 0.15) is 37.8 Å². The Balaban J connectivity index is 1.97. The van der Waals surface area contributed by atoms with E-state index in [-0.39, 0.29) is 22.6 Å². The van der Waals surface area contributed by atoms with Crippen LogP contribution in [0.2, 0.25) is 0 Å². The summed E-state index contributed by atoms with van der Waals surface area (Å²) < 4.78 is 5.30. The summed E-state index contributed by atoms with van der Waals surface area (Å²) in [6.07, 6.45) is -0.308. The third-order valence-electron chi connectivity index (χ3n) is 3.42. The molecule has 6 heteroatoms. The Morgan fingerprint density at radius 1 is 1.38 bits per heavy atom. The first-order chi connectivity index (χ1) is 9.67. The molecular formula is C15H20N2O4. The first kappa shape index (κ1) is 15.3. The van der Waals surface area contributed by atoms with Gasteiger partial charge in [-0.2, -0.15) is 0 Å². The summed E-state index contributed by atoms with van der Waals surface area (Å²) in [5.41, 5.74) is 1.31. The largest absolute Gasteiger partial charge is 0.444 e. The topological polar surface area (TPSA) is 72.7 Å². The molecule has 21 heavy (non-hydrogen) atoms. The number of aryl methyl sites for hydroxylation is 1. The smallest absolute Gasteiger partial charge is 0.410 e. The van der Waals surface area contributed by atoms with Gasteiger partial charge in [0.1, 0.15) is 5.60 Å². The molecule has 0 spiro atoms. The van der Waals surface area contributed by atoms with Gasteiger partial charge in [-0.05, 0) is 39.3 Å². The van der Waals surface area contributed by atoms with Crippen molar-refractivity contribution in [3.05, 3.63) is 39.4 Å². The number of rotatable bonds is 2. The fraction of sp³-hybridized carbons (Fsp3) is 0.533. The summed E-state index contributed by atoms with van der Waals surface area (Å²) in [4.78, 5) is 23.9. The third-order valence-corrected chi connectivity index (χ3v) is 3.42. The number of amides is 1. The number of benzene rings is 1. The van der Waals surface area contributed by atoms with Crippen LogP contribution in [-0.4, -0.2) is 34.6 Å². The van der Waals surface area contributed by atoms with Gasteiger partial charge < -0.3 is 9.64 Å². The molecule has 1 aliphatic rings. The molecule has 6 nitrogen and oxygen atoms in total. The van der Waals surface area contributed by atoms with E-state index in [1.54, 1.807) is 17.9 Å². The van der Waals surface area contributed by atoms with Crippen molar-refractivity contribution in [1.82, 2.24) is 4.90 Å². The van der Waals surface area contributed by atoms with Crippen molar-refractivity contribution in [2.24, 2.45) is 0 Å². The van der Waals surface area contributed by atoms with E-state index in [4.69, 9.17) is 4.74 Å². The van der Waals surface area contributed by atoms with Gasteiger partial charge in [0.25, 0.3) is 5.69 Å². The average molecular weight is 292 g/mol. The maximum atomic E-state index is 11.8. The van der Waals surface area contributed by atoms with Crippen LogP contribution < -0.4 is 0 Å². The molecule has 0 bridgehead atoms. The number of nitrogens with zero attached hydrogens (tertiary/aromatic N) is 2. The Bertz CT molecular complexity index is 572. The van der Waals surface area contributed by atoms with Crippen molar-refractivity contribution >= 4 is 11.8 Å². The van der Waals surface area contributed by atoms with Crippen LogP contribution in [-0.2, 0) is 4.74 Å². The van der Waals surface area contributed by atoms with Gasteiger partial charge in [0.15, 0.2) is 0 Å². The first-order valence-electron chi connectivity index (χ1n) is 6.90. The Labute approximate surface area is 123 Å². The van der Waals surface area contributed by atoms with Crippen molar-refractivity contribution in [3.63, 3.8) is 0 Å². The van der Waals surface area contributed by atoms with Gasteiger partial charge >= 0.3 is 6.09 Å². The molecule has 0 aromatic heterocycles. The van der Waals surface area contributed by atoms with Gasteiger partial charge in [-0.15, -0.1) is 0 Å². The van der Waals surface area contributed by atoms with Crippen LogP contribution in [0.5, 0.6) is 0 Å². The molecule has 1 aromatic rings. The molecule has 1 amide bonds. The number of ether oxygens (including phenoxy) is 1. The van der Waals surface area contributed by atoms with Crippen LogP contribution in [0.25, 0.3) is 0 Å². The fourth-order valence-electron chi connectivity index (χ4n) is 2.30. The SMILES string of the molecule is Cc1cc(C2CN(C(=O)OC(C)(C)C)C2)ccc1[N+](=O)[O-]. The maximum Gasteiger partial charge on any atom is 0.410 e. The van der Waals surface area contributed by atoms with Crippen LogP contribution in [0.15, 0.2) is 18.2 Å². The lowest BCUT2D eigenvalue weighted by atomic mass is 9.90. The normalized spacial score (nSPS) is 15.5. The van der Waals surface area contributed by atoms with Crippen molar-refractivity contribution < 1.29 is 14.5 Å². The second-order valence-electron chi connectivity index (χ2n) is 6.39. The number of carbonyl (C=O) groups excluding carboxylic acids is 1. The molecule has 2 rings (SSSR count). The van der Waals surface area contributed by atoms with Crippen LogP contribution in [0, 0.1) is 17.0 Å². The Hall–Kier alpha value is -2.11. The van der Waals surface area contributed by atoms with Crippen LogP contribution in [0.4, 0.5) is 10.5 Å². The summed E-state index contributed by atoms with van der Waals surface area (Å²) in [6.45, 7) is 8.41. The van der Waals surface area contributed by atoms with Crippen molar-refractivity contribution in [2.75, 3.05) is 13.1 Å². The standard InChI is InChI=1S/C15H20N2O4/c1-10-7-11(5-6-13(10)17(19)20)12-8-16(9-12)14(18)21-15(2,3)4/h5-7,12H,8-9H2,1-4H3. The Kier molecular flexibility index (Phi) is 3.89. The number of nitro groups is 1. The molecule has 1 fully saturated rings. The summed E-state index contributed by atoms with van der Waals surface area (Å²) in [5, 5.41) is 10.8. The molecule has 0 radical (unpaired) electrons. The van der Waals surface area contributed by atoms with Gasteiger partial charge in [-0.1, -0.05) is 6.07 Å². The zero-order valence-electron chi connectivity index (χ0n) is 12.8. The minimum absolute atomic E-state index is 0.127. The Morgan fingerprint density at radius 3 is 2.48 bits per heavy atom. The lowest BCUT2D eigenvalue weighted by Gasteiger charge is -2.40. The number of hydrogen-bond donors (Lipinski definition) is 0. The van der Waals surface area contributed by atoms with Crippen LogP contribution >= 0.6 is 0 Å². The van der Waals surface area contributed by atoms with E-state index in [2.05, 4.69) is 0 Å². The third kappa shape index (κ3) is 3.51. The van der Waals surface area contributed by atoms with E-state index in [0.29, 0.717) is 18.7 Å². The molecule has 0 saturated carbocycles. The fourth-order valence-corrected chi connectivity index (χ4v) is 2.30. The van der Waals surface area contributed by atoms with E-state index in [9.17, 15) is 14.9 Å². The van der Waals surface area contributed by atoms with E-state index in [1.807, 2.05) is 26.8 Å². The van der Waals surface area contributed by atoms with Crippen molar-refractivity contribution in [2.45, 2.75) is 39.2 Å². The summed E-state index contributed by atoms with van der Waals surface area (Å²) in [6, 6.07) is 5.12. The van der Waals surface area contributed by atoms with E-state index in [0.717, 1.165) is 5.56 Å². The number of nitro benzene ring substituents is 1. The predicted molar refractivity (Wildman–Crippen MR) is 78.4 cm³/mol. The average Bonchev–Trinajstić information content (AvgIpc) is 2.23. The van der Waals surface area contributed by atoms with Gasteiger partial charge in [-0.25, -0.2) is 4.79 Å². The van der Waals surface area contributed by atoms with Gasteiger partial charge in [0, 0.05) is 30.6 Å².